The molecule has 0 heterocycles. The van der Waals surface area contributed by atoms with Crippen molar-refractivity contribution in [2.75, 3.05) is 6.01 Å². The summed E-state index contributed by atoms with van der Waals surface area (Å²) in [5, 5.41) is -0.668. The molecule has 0 aliphatic heterocycles. The molecule has 0 aromatic carbocycles. The zero-order valence-corrected chi connectivity index (χ0v) is 23.9. The summed E-state index contributed by atoms with van der Waals surface area (Å²) in [4.78, 5) is 51.5. The molecule has 0 saturated heterocycles. The lowest BCUT2D eigenvalue weighted by molar-refractivity contribution is -0.241. The van der Waals surface area contributed by atoms with Crippen LogP contribution in [0, 0.1) is 28.6 Å². The predicted octanol–water partition coefficient (Wildman–Crippen LogP) is 5.78. The van der Waals surface area contributed by atoms with Gasteiger partial charge in [-0.25, -0.2) is 13.2 Å². The van der Waals surface area contributed by atoms with E-state index < -0.39 is 81.0 Å². The molecule has 9 atom stereocenters. The standard InChI is InChI=1S/C29H37F3O6S/c1-6-23(34)37-22-14-27(8-3)18(11-16(4)29(27,25(36)39-15-30)38-24(35)7-2)19-13-21(31)20-12-17(33)9-10-26(20,5)28(19,22)32/h9-10,12,16,18-19,21-22H,6-8,11,13-15H2,1-5H3/t16-,18+,19+,21+,22+,26+,27+,28+,29+/m1/s1. The average Bonchev–Trinajstić information content (AvgIpc) is 3.15. The quantitative estimate of drug-likeness (QED) is 0.359. The molecular formula is C29H37F3O6S. The summed E-state index contributed by atoms with van der Waals surface area (Å²) in [6, 6.07) is -1.04. The van der Waals surface area contributed by atoms with Gasteiger partial charge < -0.3 is 9.47 Å². The molecule has 0 spiro atoms. The van der Waals surface area contributed by atoms with E-state index in [2.05, 4.69) is 0 Å². The number of halogens is 3. The van der Waals surface area contributed by atoms with E-state index in [0.717, 1.165) is 6.08 Å². The molecule has 6 nitrogen and oxygen atoms in total. The van der Waals surface area contributed by atoms with Crippen molar-refractivity contribution >= 4 is 34.6 Å². The number of ether oxygens (including phenoxy) is 2. The van der Waals surface area contributed by atoms with Crippen LogP contribution in [0.25, 0.3) is 0 Å². The Morgan fingerprint density at radius 2 is 1.77 bits per heavy atom. The minimum atomic E-state index is -2.31. The van der Waals surface area contributed by atoms with E-state index in [1.807, 2.05) is 0 Å². The highest BCUT2D eigenvalue weighted by atomic mass is 32.2. The third kappa shape index (κ3) is 3.97. The molecule has 0 bridgehead atoms. The van der Waals surface area contributed by atoms with Gasteiger partial charge in [0.1, 0.15) is 18.3 Å². The van der Waals surface area contributed by atoms with E-state index in [1.54, 1.807) is 27.7 Å². The monoisotopic (exact) mass is 570 g/mol. The fraction of sp³-hybridized carbons (Fsp3) is 0.724. The van der Waals surface area contributed by atoms with E-state index in [-0.39, 0.29) is 44.1 Å². The summed E-state index contributed by atoms with van der Waals surface area (Å²) in [5.74, 6) is -4.07. The minimum absolute atomic E-state index is 0.00840. The Balaban J connectivity index is 1.98. The van der Waals surface area contributed by atoms with Crippen molar-refractivity contribution in [2.24, 2.45) is 28.6 Å². The lowest BCUT2D eigenvalue weighted by atomic mass is 9.43. The summed E-state index contributed by atoms with van der Waals surface area (Å²) in [6.45, 7) is 8.20. The van der Waals surface area contributed by atoms with Crippen LogP contribution in [-0.4, -0.2) is 52.4 Å². The first kappa shape index (κ1) is 29.9. The van der Waals surface area contributed by atoms with Gasteiger partial charge in [-0.15, -0.1) is 0 Å². The van der Waals surface area contributed by atoms with Gasteiger partial charge >= 0.3 is 11.9 Å². The molecule has 216 valence electrons. The topological polar surface area (TPSA) is 86.7 Å². The number of alkyl halides is 3. The van der Waals surface area contributed by atoms with Gasteiger partial charge in [-0.3, -0.25) is 19.2 Å². The van der Waals surface area contributed by atoms with Gasteiger partial charge in [0.2, 0.25) is 5.12 Å². The molecule has 0 amide bonds. The molecule has 4 aliphatic carbocycles. The molecular weight excluding hydrogens is 533 g/mol. The molecule has 4 aliphatic rings. The summed E-state index contributed by atoms with van der Waals surface area (Å²) >= 11 is 0.403. The number of thioether (sulfide) groups is 1. The van der Waals surface area contributed by atoms with E-state index in [1.165, 1.54) is 19.1 Å². The maximum atomic E-state index is 18.1. The Morgan fingerprint density at radius 1 is 1.10 bits per heavy atom. The second kappa shape index (κ2) is 10.4. The summed E-state index contributed by atoms with van der Waals surface area (Å²) in [7, 11) is 0. The molecule has 0 aromatic rings. The second-order valence-electron chi connectivity index (χ2n) is 11.5. The van der Waals surface area contributed by atoms with E-state index in [4.69, 9.17) is 9.47 Å². The number of hydrogen-bond acceptors (Lipinski definition) is 7. The summed E-state index contributed by atoms with van der Waals surface area (Å²) in [6.07, 6.45) is 0.577. The highest BCUT2D eigenvalue weighted by Gasteiger charge is 2.79. The Labute approximate surface area is 231 Å². The van der Waals surface area contributed by atoms with Gasteiger partial charge in [-0.05, 0) is 68.0 Å². The van der Waals surface area contributed by atoms with Crippen LogP contribution in [0.3, 0.4) is 0 Å². The van der Waals surface area contributed by atoms with Crippen LogP contribution in [0.5, 0.6) is 0 Å². The molecule has 0 aromatic heterocycles. The van der Waals surface area contributed by atoms with Crippen LogP contribution in [0.4, 0.5) is 13.2 Å². The first-order valence-corrected chi connectivity index (χ1v) is 14.7. The fourth-order valence-corrected chi connectivity index (χ4v) is 9.12. The molecule has 10 heteroatoms. The van der Waals surface area contributed by atoms with Gasteiger partial charge in [0, 0.05) is 35.5 Å². The molecule has 0 radical (unpaired) electrons. The lowest BCUT2D eigenvalue weighted by Crippen LogP contribution is -2.72. The van der Waals surface area contributed by atoms with Crippen LogP contribution in [0.15, 0.2) is 23.8 Å². The summed E-state index contributed by atoms with van der Waals surface area (Å²) < 4.78 is 59.4. The Kier molecular flexibility index (Phi) is 7.95. The normalized spacial score (nSPS) is 42.6. The molecule has 3 fully saturated rings. The molecule has 0 N–H and O–H groups in total. The number of hydrogen-bond donors (Lipinski definition) is 0. The van der Waals surface area contributed by atoms with Crippen LogP contribution < -0.4 is 0 Å². The fourth-order valence-electron chi connectivity index (χ4n) is 8.36. The van der Waals surface area contributed by atoms with Crippen LogP contribution in [0.1, 0.15) is 73.1 Å². The Bertz CT molecular complexity index is 1120. The van der Waals surface area contributed by atoms with Crippen molar-refractivity contribution < 1.29 is 41.8 Å². The second-order valence-corrected chi connectivity index (χ2v) is 12.4. The summed E-state index contributed by atoms with van der Waals surface area (Å²) in [5.41, 5.74) is -6.94. The Morgan fingerprint density at radius 3 is 2.36 bits per heavy atom. The third-order valence-corrected chi connectivity index (χ3v) is 10.8. The predicted molar refractivity (Wildman–Crippen MR) is 140 cm³/mol. The van der Waals surface area contributed by atoms with Crippen molar-refractivity contribution in [3.8, 4) is 0 Å². The van der Waals surface area contributed by atoms with Gasteiger partial charge in [0.25, 0.3) is 0 Å². The van der Waals surface area contributed by atoms with Gasteiger partial charge in [-0.2, -0.15) is 0 Å². The molecule has 4 rings (SSSR count). The zero-order chi connectivity index (χ0) is 29.0. The van der Waals surface area contributed by atoms with Crippen LogP contribution >= 0.6 is 11.8 Å². The van der Waals surface area contributed by atoms with Crippen molar-refractivity contribution in [2.45, 2.75) is 96.7 Å². The maximum absolute atomic E-state index is 18.1. The van der Waals surface area contributed by atoms with Crippen LogP contribution in [0.2, 0.25) is 0 Å². The maximum Gasteiger partial charge on any atom is 0.306 e. The number of carbonyl (C=O) groups is 4. The van der Waals surface area contributed by atoms with Gasteiger partial charge in [-0.1, -0.05) is 33.8 Å². The highest BCUT2D eigenvalue weighted by Crippen LogP contribution is 2.73. The number of carbonyl (C=O) groups excluding carboxylic acids is 4. The number of esters is 2. The minimum Gasteiger partial charge on any atom is -0.459 e. The molecule has 0 unspecified atom stereocenters. The van der Waals surface area contributed by atoms with E-state index in [0.29, 0.717) is 11.8 Å². The van der Waals surface area contributed by atoms with E-state index in [9.17, 15) is 23.6 Å². The first-order valence-electron chi connectivity index (χ1n) is 13.8. The van der Waals surface area contributed by atoms with E-state index >= 15 is 8.78 Å². The van der Waals surface area contributed by atoms with Gasteiger partial charge in [0.15, 0.2) is 17.1 Å². The first-order chi connectivity index (χ1) is 18.3. The largest absolute Gasteiger partial charge is 0.459 e. The highest BCUT2D eigenvalue weighted by molar-refractivity contribution is 8.13. The lowest BCUT2D eigenvalue weighted by Gasteiger charge is -2.64. The smallest absolute Gasteiger partial charge is 0.306 e. The molecule has 3 saturated carbocycles. The molecule has 39 heavy (non-hydrogen) atoms. The van der Waals surface area contributed by atoms with Crippen LogP contribution in [-0.2, 0) is 28.7 Å². The van der Waals surface area contributed by atoms with Gasteiger partial charge in [0.05, 0.1) is 0 Å². The number of ketones is 1. The van der Waals surface area contributed by atoms with Crippen molar-refractivity contribution in [1.29, 1.82) is 0 Å². The number of allylic oxidation sites excluding steroid dienone is 4. The third-order valence-electron chi connectivity index (χ3n) is 10.1. The van der Waals surface area contributed by atoms with Crippen molar-refractivity contribution in [1.82, 2.24) is 0 Å². The average molecular weight is 571 g/mol. The SMILES string of the molecule is CCC(=O)O[C@H]1C[C@@]2(CC)[C@@H](C[C@@H](C)[C@]2(OC(=O)CC)C(=O)SCF)[C@@H]2C[C@H](F)C3=CC(=O)C=C[C@]3(C)[C@@]12F. The Hall–Kier alpha value is -2.10. The number of fused-ring (bicyclic) bond motifs is 5. The van der Waals surface area contributed by atoms with Crippen molar-refractivity contribution in [3.63, 3.8) is 0 Å². The van der Waals surface area contributed by atoms with Crippen molar-refractivity contribution in [3.05, 3.63) is 23.8 Å². The zero-order valence-electron chi connectivity index (χ0n) is 23.1. The number of rotatable bonds is 7.